The van der Waals surface area contributed by atoms with Crippen molar-refractivity contribution in [2.75, 3.05) is 0 Å². The molecule has 0 spiro atoms. The van der Waals surface area contributed by atoms with Crippen molar-refractivity contribution in [3.8, 4) is 0 Å². The lowest BCUT2D eigenvalue weighted by Gasteiger charge is -2.30. The van der Waals surface area contributed by atoms with Gasteiger partial charge in [-0.15, -0.1) is 11.3 Å². The van der Waals surface area contributed by atoms with Crippen molar-refractivity contribution < 1.29 is 14.4 Å². The minimum absolute atomic E-state index is 0.0181. The Labute approximate surface area is 170 Å². The first-order valence-corrected chi connectivity index (χ1v) is 11.2. The Morgan fingerprint density at radius 2 is 1.93 bits per heavy atom. The fourth-order valence-corrected chi connectivity index (χ4v) is 5.31. The summed E-state index contributed by atoms with van der Waals surface area (Å²) < 4.78 is 0. The van der Waals surface area contributed by atoms with Gasteiger partial charge in [0.1, 0.15) is 0 Å². The largest absolute Gasteiger partial charge is 0.353 e. The topological polar surface area (TPSA) is 87.3 Å². The number of hydrazine groups is 1. The summed E-state index contributed by atoms with van der Waals surface area (Å²) in [5, 5.41) is 2.96. The molecule has 154 valence electrons. The minimum Gasteiger partial charge on any atom is -0.353 e. The summed E-state index contributed by atoms with van der Waals surface area (Å²) in [5.41, 5.74) is 6.36. The molecule has 28 heavy (non-hydrogen) atoms. The molecule has 0 unspecified atom stereocenters. The van der Waals surface area contributed by atoms with E-state index < -0.39 is 5.92 Å². The lowest BCUT2D eigenvalue weighted by atomic mass is 9.87. The molecule has 3 N–H and O–H groups in total. The van der Waals surface area contributed by atoms with Crippen molar-refractivity contribution in [1.29, 1.82) is 0 Å². The van der Waals surface area contributed by atoms with Crippen molar-refractivity contribution in [1.82, 2.24) is 16.2 Å². The molecule has 0 bridgehead atoms. The van der Waals surface area contributed by atoms with E-state index >= 15 is 0 Å². The monoisotopic (exact) mass is 405 g/mol. The second-order valence-electron chi connectivity index (χ2n) is 8.45. The molecule has 0 aromatic carbocycles. The third-order valence-electron chi connectivity index (χ3n) is 5.51. The summed E-state index contributed by atoms with van der Waals surface area (Å²) in [6.45, 7) is 4.20. The van der Waals surface area contributed by atoms with Crippen LogP contribution in [0.25, 0.3) is 0 Å². The molecule has 1 aromatic rings. The second-order valence-corrected chi connectivity index (χ2v) is 9.58. The molecular weight excluding hydrogens is 374 g/mol. The number of hydrogen-bond acceptors (Lipinski definition) is 4. The van der Waals surface area contributed by atoms with Crippen molar-refractivity contribution in [3.05, 3.63) is 21.4 Å². The number of fused-ring (bicyclic) bond motifs is 1. The van der Waals surface area contributed by atoms with E-state index in [0.717, 1.165) is 19.3 Å². The van der Waals surface area contributed by atoms with E-state index in [-0.39, 0.29) is 30.2 Å². The summed E-state index contributed by atoms with van der Waals surface area (Å²) in [4.78, 5) is 38.9. The van der Waals surface area contributed by atoms with Gasteiger partial charge >= 0.3 is 0 Å². The summed E-state index contributed by atoms with van der Waals surface area (Å²) in [6.07, 6.45) is 8.54. The molecule has 3 amide bonds. The smallest absolute Gasteiger partial charge is 0.279 e. The van der Waals surface area contributed by atoms with Crippen LogP contribution < -0.4 is 16.2 Å². The van der Waals surface area contributed by atoms with Crippen molar-refractivity contribution in [3.63, 3.8) is 0 Å². The number of thiophene rings is 1. The van der Waals surface area contributed by atoms with E-state index in [1.807, 2.05) is 6.07 Å². The van der Waals surface area contributed by atoms with E-state index in [2.05, 4.69) is 30.0 Å². The van der Waals surface area contributed by atoms with Crippen LogP contribution in [-0.2, 0) is 22.4 Å². The number of nitrogens with one attached hydrogen (secondary N) is 3. The third kappa shape index (κ3) is 5.56. The van der Waals surface area contributed by atoms with Crippen LogP contribution in [0.3, 0.4) is 0 Å². The van der Waals surface area contributed by atoms with Crippen LogP contribution in [0.5, 0.6) is 0 Å². The van der Waals surface area contributed by atoms with Gasteiger partial charge in [0.25, 0.3) is 5.91 Å². The molecule has 0 saturated carbocycles. The van der Waals surface area contributed by atoms with Crippen LogP contribution in [0.15, 0.2) is 6.07 Å². The highest BCUT2D eigenvalue weighted by Gasteiger charge is 2.32. The molecule has 6 nitrogen and oxygen atoms in total. The van der Waals surface area contributed by atoms with Crippen LogP contribution in [0.4, 0.5) is 0 Å². The molecule has 7 heteroatoms. The van der Waals surface area contributed by atoms with Gasteiger partial charge in [-0.05, 0) is 56.1 Å². The van der Waals surface area contributed by atoms with Gasteiger partial charge in [0.2, 0.25) is 11.8 Å². The minimum atomic E-state index is -0.402. The lowest BCUT2D eigenvalue weighted by Crippen LogP contribution is -2.50. The summed E-state index contributed by atoms with van der Waals surface area (Å²) in [6, 6.07) is 1.99. The van der Waals surface area contributed by atoms with Gasteiger partial charge in [0, 0.05) is 17.3 Å². The van der Waals surface area contributed by atoms with Crippen molar-refractivity contribution >= 4 is 29.1 Å². The second kappa shape index (κ2) is 9.54. The highest BCUT2D eigenvalue weighted by molar-refractivity contribution is 7.14. The van der Waals surface area contributed by atoms with Crippen LogP contribution in [0.1, 0.15) is 78.9 Å². The van der Waals surface area contributed by atoms with Gasteiger partial charge < -0.3 is 5.32 Å². The molecule has 1 fully saturated rings. The molecule has 1 aromatic heterocycles. The maximum absolute atomic E-state index is 12.5. The maximum Gasteiger partial charge on any atom is 0.279 e. The highest BCUT2D eigenvalue weighted by atomic mass is 32.1. The zero-order chi connectivity index (χ0) is 20.1. The average molecular weight is 406 g/mol. The molecule has 2 aliphatic rings. The van der Waals surface area contributed by atoms with Gasteiger partial charge in [0.05, 0.1) is 10.8 Å². The number of hydrogen-bond donors (Lipinski definition) is 3. The van der Waals surface area contributed by atoms with Gasteiger partial charge in [-0.1, -0.05) is 26.7 Å². The van der Waals surface area contributed by atoms with E-state index in [1.165, 1.54) is 47.5 Å². The molecule has 1 saturated heterocycles. The Kier molecular flexibility index (Phi) is 7.10. The number of amides is 3. The normalized spacial score (nSPS) is 22.6. The van der Waals surface area contributed by atoms with Crippen LogP contribution in [0, 0.1) is 11.8 Å². The van der Waals surface area contributed by atoms with E-state index in [0.29, 0.717) is 17.2 Å². The van der Waals surface area contributed by atoms with E-state index in [4.69, 9.17) is 0 Å². The lowest BCUT2D eigenvalue weighted by molar-refractivity contribution is -0.134. The SMILES string of the molecule is CC(C)C[C@H]1C[C@H](C(=O)NNC(=O)c2cc3c(s2)CCCCCC3)CC(=O)N1. The van der Waals surface area contributed by atoms with Gasteiger partial charge in [0.15, 0.2) is 0 Å². The van der Waals surface area contributed by atoms with E-state index in [9.17, 15) is 14.4 Å². The molecular formula is C21H31N3O3S. The number of carbonyl (C=O) groups excluding carboxylic acids is 3. The summed E-state index contributed by atoms with van der Waals surface area (Å²) in [5.74, 6) is -0.608. The van der Waals surface area contributed by atoms with Gasteiger partial charge in [-0.3, -0.25) is 25.2 Å². The zero-order valence-electron chi connectivity index (χ0n) is 16.8. The number of piperidine rings is 1. The zero-order valence-corrected chi connectivity index (χ0v) is 17.6. The predicted octanol–water partition coefficient (Wildman–Crippen LogP) is 3.11. The Bertz CT molecular complexity index is 703. The third-order valence-corrected chi connectivity index (χ3v) is 6.75. The van der Waals surface area contributed by atoms with Gasteiger partial charge in [-0.25, -0.2) is 0 Å². The molecule has 3 rings (SSSR count). The molecule has 1 aliphatic heterocycles. The Hall–Kier alpha value is -1.89. The molecule has 2 atom stereocenters. The van der Waals surface area contributed by atoms with E-state index in [1.54, 1.807) is 0 Å². The first-order valence-electron chi connectivity index (χ1n) is 10.4. The van der Waals surface area contributed by atoms with Crippen molar-refractivity contribution in [2.24, 2.45) is 11.8 Å². The van der Waals surface area contributed by atoms with Crippen LogP contribution >= 0.6 is 11.3 Å². The quantitative estimate of drug-likeness (QED) is 0.673. The van der Waals surface area contributed by atoms with Gasteiger partial charge in [-0.2, -0.15) is 0 Å². The Morgan fingerprint density at radius 3 is 2.68 bits per heavy atom. The number of rotatable bonds is 4. The standard InChI is InChI=1S/C21H31N3O3S/c1-13(2)9-16-10-15(12-19(25)22-16)20(26)23-24-21(27)18-11-14-7-5-3-4-6-8-17(14)28-18/h11,13,15-16H,3-10,12H2,1-2H3,(H,22,25)(H,23,26)(H,24,27)/t15-,16-/m0/s1. The molecule has 2 heterocycles. The first kappa shape index (κ1) is 20.8. The van der Waals surface area contributed by atoms with Crippen LogP contribution in [-0.4, -0.2) is 23.8 Å². The molecule has 0 radical (unpaired) electrons. The maximum atomic E-state index is 12.5. The highest BCUT2D eigenvalue weighted by Crippen LogP contribution is 2.28. The fourth-order valence-electron chi connectivity index (χ4n) is 4.16. The number of carbonyl (C=O) groups is 3. The predicted molar refractivity (Wildman–Crippen MR) is 110 cm³/mol. The Balaban J connectivity index is 1.54. The first-order chi connectivity index (χ1) is 13.4. The Morgan fingerprint density at radius 1 is 1.18 bits per heavy atom. The summed E-state index contributed by atoms with van der Waals surface area (Å²) in [7, 11) is 0. The molecule has 1 aliphatic carbocycles. The average Bonchev–Trinajstić information content (AvgIpc) is 3.00. The fraction of sp³-hybridized carbons (Fsp3) is 0.667. The van der Waals surface area contributed by atoms with Crippen LogP contribution in [0.2, 0.25) is 0 Å². The number of aryl methyl sites for hydroxylation is 2. The summed E-state index contributed by atoms with van der Waals surface area (Å²) >= 11 is 1.53. The van der Waals surface area contributed by atoms with Crippen molar-refractivity contribution in [2.45, 2.75) is 77.7 Å².